The Labute approximate surface area is 165 Å². The third-order valence-corrected chi connectivity index (χ3v) is 4.45. The molecule has 0 heterocycles. The Bertz CT molecular complexity index is 787. The summed E-state index contributed by atoms with van der Waals surface area (Å²) in [6, 6.07) is 15.5. The minimum Gasteiger partial charge on any atom is -0.450 e. The second-order valence-electron chi connectivity index (χ2n) is 7.00. The summed E-state index contributed by atoms with van der Waals surface area (Å²) in [5.41, 5.74) is 2.39. The second kappa shape index (κ2) is 9.90. The third kappa shape index (κ3) is 5.82. The average molecular weight is 384 g/mol. The van der Waals surface area contributed by atoms with Crippen LogP contribution in [-0.4, -0.2) is 35.9 Å². The maximum Gasteiger partial charge on any atom is 0.408 e. The number of nitrogens with one attached hydrogen (secondary N) is 2. The van der Waals surface area contributed by atoms with Gasteiger partial charge in [-0.15, -0.1) is 0 Å². The summed E-state index contributed by atoms with van der Waals surface area (Å²) >= 11 is 0. The van der Waals surface area contributed by atoms with Crippen LogP contribution in [0.15, 0.2) is 48.5 Å². The van der Waals surface area contributed by atoms with E-state index in [0.717, 1.165) is 24.0 Å². The third-order valence-electron chi connectivity index (χ3n) is 4.45. The molecule has 0 radical (unpaired) electrons. The molecule has 0 fully saturated rings. The highest BCUT2D eigenvalue weighted by Gasteiger charge is 2.35. The minimum atomic E-state index is -1.49. The van der Waals surface area contributed by atoms with Crippen LogP contribution in [0.3, 0.4) is 0 Å². The van der Waals surface area contributed by atoms with Crippen LogP contribution in [0, 0.1) is 6.92 Å². The topological polar surface area (TPSA) is 87.7 Å². The van der Waals surface area contributed by atoms with Crippen molar-refractivity contribution in [3.8, 4) is 11.1 Å². The molecule has 0 bridgehead atoms. The van der Waals surface area contributed by atoms with Gasteiger partial charge in [-0.1, -0.05) is 55.3 Å². The summed E-state index contributed by atoms with van der Waals surface area (Å²) in [7, 11) is 0. The van der Waals surface area contributed by atoms with Gasteiger partial charge in [0.1, 0.15) is 5.54 Å². The van der Waals surface area contributed by atoms with Crippen molar-refractivity contribution in [3.05, 3.63) is 54.1 Å². The lowest BCUT2D eigenvalue weighted by molar-refractivity contribution is -0.123. The number of ether oxygens (including phenoxy) is 1. The molecular formula is C22H28N2O4. The lowest BCUT2D eigenvalue weighted by Crippen LogP contribution is -2.57. The average Bonchev–Trinajstić information content (AvgIpc) is 2.69. The van der Waals surface area contributed by atoms with Crippen molar-refractivity contribution in [3.63, 3.8) is 0 Å². The van der Waals surface area contributed by atoms with Crippen molar-refractivity contribution in [1.29, 1.82) is 0 Å². The standard InChI is InChI=1S/C22H28N2O4/c1-4-5-14-28-21(27)24-22(3,15-25)20(26)23-19-12-10-18(11-13-19)17-8-6-16(2)7-9-17/h6-13,25H,4-5,14-15H2,1-3H3,(H,23,26)(H,24,27)/t22-/m0/s1. The summed E-state index contributed by atoms with van der Waals surface area (Å²) in [5, 5.41) is 14.8. The first-order valence-corrected chi connectivity index (χ1v) is 9.42. The van der Waals surface area contributed by atoms with Crippen LogP contribution in [0.4, 0.5) is 10.5 Å². The van der Waals surface area contributed by atoms with E-state index in [1.165, 1.54) is 12.5 Å². The fraction of sp³-hybridized carbons (Fsp3) is 0.364. The fourth-order valence-corrected chi connectivity index (χ4v) is 2.50. The van der Waals surface area contributed by atoms with Crippen molar-refractivity contribution in [2.75, 3.05) is 18.5 Å². The van der Waals surface area contributed by atoms with E-state index in [4.69, 9.17) is 4.74 Å². The molecule has 28 heavy (non-hydrogen) atoms. The van der Waals surface area contributed by atoms with Gasteiger partial charge in [0.2, 0.25) is 0 Å². The van der Waals surface area contributed by atoms with Gasteiger partial charge in [0.15, 0.2) is 0 Å². The normalized spacial score (nSPS) is 12.7. The maximum atomic E-state index is 12.6. The van der Waals surface area contributed by atoms with Crippen LogP contribution in [0.5, 0.6) is 0 Å². The number of aliphatic hydroxyl groups is 1. The van der Waals surface area contributed by atoms with E-state index in [0.29, 0.717) is 5.69 Å². The van der Waals surface area contributed by atoms with E-state index >= 15 is 0 Å². The summed E-state index contributed by atoms with van der Waals surface area (Å²) in [6.45, 7) is 5.18. The van der Waals surface area contributed by atoms with Crippen LogP contribution in [-0.2, 0) is 9.53 Å². The highest BCUT2D eigenvalue weighted by molar-refractivity contribution is 5.99. The van der Waals surface area contributed by atoms with E-state index < -0.39 is 24.1 Å². The molecule has 2 aromatic rings. The predicted molar refractivity (Wildman–Crippen MR) is 110 cm³/mol. The maximum absolute atomic E-state index is 12.6. The van der Waals surface area contributed by atoms with Crippen molar-refractivity contribution >= 4 is 17.7 Å². The zero-order valence-electron chi connectivity index (χ0n) is 16.6. The molecule has 0 unspecified atom stereocenters. The Morgan fingerprint density at radius 1 is 1.04 bits per heavy atom. The molecule has 1 atom stereocenters. The lowest BCUT2D eigenvalue weighted by atomic mass is 10.0. The molecule has 0 aromatic heterocycles. The fourth-order valence-electron chi connectivity index (χ4n) is 2.50. The van der Waals surface area contributed by atoms with Gasteiger partial charge in [-0.25, -0.2) is 4.79 Å². The number of benzene rings is 2. The SMILES string of the molecule is CCCCOC(=O)N[C@@](C)(CO)C(=O)Nc1ccc(-c2ccc(C)cc2)cc1. The van der Waals surface area contributed by atoms with Crippen LogP contribution >= 0.6 is 0 Å². The van der Waals surface area contributed by atoms with Crippen molar-refractivity contribution in [1.82, 2.24) is 5.32 Å². The molecule has 0 aliphatic carbocycles. The van der Waals surface area contributed by atoms with E-state index in [2.05, 4.69) is 10.6 Å². The number of aryl methyl sites for hydroxylation is 1. The van der Waals surface area contributed by atoms with E-state index in [9.17, 15) is 14.7 Å². The molecule has 0 spiro atoms. The zero-order chi connectivity index (χ0) is 20.6. The van der Waals surface area contributed by atoms with Gasteiger partial charge in [-0.2, -0.15) is 0 Å². The number of amides is 2. The predicted octanol–water partition coefficient (Wildman–Crippen LogP) is 3.88. The zero-order valence-corrected chi connectivity index (χ0v) is 16.6. The highest BCUT2D eigenvalue weighted by atomic mass is 16.5. The molecule has 0 aliphatic heterocycles. The quantitative estimate of drug-likeness (QED) is 0.603. The number of carbonyl (C=O) groups is 2. The Morgan fingerprint density at radius 3 is 2.14 bits per heavy atom. The second-order valence-corrected chi connectivity index (χ2v) is 7.00. The molecule has 2 rings (SSSR count). The number of anilines is 1. The first kappa shape index (κ1) is 21.4. The van der Waals surface area contributed by atoms with E-state index in [-0.39, 0.29) is 6.61 Å². The molecule has 6 heteroatoms. The van der Waals surface area contributed by atoms with Gasteiger partial charge in [0.25, 0.3) is 5.91 Å². The van der Waals surface area contributed by atoms with Gasteiger partial charge < -0.3 is 20.5 Å². The minimum absolute atomic E-state index is 0.270. The van der Waals surface area contributed by atoms with Crippen molar-refractivity contribution < 1.29 is 19.4 Å². The summed E-state index contributed by atoms with van der Waals surface area (Å²) in [4.78, 5) is 24.4. The summed E-state index contributed by atoms with van der Waals surface area (Å²) < 4.78 is 5.01. The molecule has 6 nitrogen and oxygen atoms in total. The monoisotopic (exact) mass is 384 g/mol. The van der Waals surface area contributed by atoms with Crippen LogP contribution in [0.1, 0.15) is 32.3 Å². The van der Waals surface area contributed by atoms with Gasteiger partial charge in [-0.05, 0) is 43.5 Å². The Balaban J connectivity index is 2.01. The number of hydrogen-bond acceptors (Lipinski definition) is 4. The summed E-state index contributed by atoms with van der Waals surface area (Å²) in [6.07, 6.45) is 0.904. The van der Waals surface area contributed by atoms with Gasteiger partial charge in [-0.3, -0.25) is 4.79 Å². The number of rotatable bonds is 8. The van der Waals surface area contributed by atoms with Gasteiger partial charge >= 0.3 is 6.09 Å². The molecule has 0 aliphatic rings. The Morgan fingerprint density at radius 2 is 1.61 bits per heavy atom. The van der Waals surface area contributed by atoms with Crippen molar-refractivity contribution in [2.24, 2.45) is 0 Å². The molecule has 150 valence electrons. The number of unbranched alkanes of at least 4 members (excludes halogenated alkanes) is 1. The Hall–Kier alpha value is -2.86. The number of carbonyl (C=O) groups excluding carboxylic acids is 2. The highest BCUT2D eigenvalue weighted by Crippen LogP contribution is 2.22. The van der Waals surface area contributed by atoms with Crippen LogP contribution < -0.4 is 10.6 Å². The first-order valence-electron chi connectivity index (χ1n) is 9.42. The Kier molecular flexibility index (Phi) is 7.58. The number of aliphatic hydroxyl groups excluding tert-OH is 1. The molecular weight excluding hydrogens is 356 g/mol. The van der Waals surface area contributed by atoms with Gasteiger partial charge in [0, 0.05) is 5.69 Å². The number of alkyl carbamates (subject to hydrolysis) is 1. The summed E-state index contributed by atoms with van der Waals surface area (Å²) in [5.74, 6) is -0.523. The lowest BCUT2D eigenvalue weighted by Gasteiger charge is -2.27. The molecule has 0 saturated carbocycles. The molecule has 0 saturated heterocycles. The largest absolute Gasteiger partial charge is 0.450 e. The van der Waals surface area contributed by atoms with Crippen LogP contribution in [0.2, 0.25) is 0 Å². The van der Waals surface area contributed by atoms with E-state index in [1.807, 2.05) is 50.2 Å². The van der Waals surface area contributed by atoms with Crippen LogP contribution in [0.25, 0.3) is 11.1 Å². The van der Waals surface area contributed by atoms with E-state index in [1.54, 1.807) is 12.1 Å². The van der Waals surface area contributed by atoms with Gasteiger partial charge in [0.05, 0.1) is 13.2 Å². The van der Waals surface area contributed by atoms with Crippen molar-refractivity contribution in [2.45, 2.75) is 39.2 Å². The molecule has 2 aromatic carbocycles. The number of hydrogen-bond donors (Lipinski definition) is 3. The molecule has 3 N–H and O–H groups in total. The molecule has 2 amide bonds. The first-order chi connectivity index (χ1) is 13.4. The smallest absolute Gasteiger partial charge is 0.408 e.